The summed E-state index contributed by atoms with van der Waals surface area (Å²) in [5.74, 6) is -1.61. The lowest BCUT2D eigenvalue weighted by molar-refractivity contribution is -0.162. The van der Waals surface area contributed by atoms with Crippen LogP contribution in [0.15, 0.2) is 0 Å². The number of rotatable bonds is 13. The van der Waals surface area contributed by atoms with Crippen molar-refractivity contribution in [1.82, 2.24) is 0 Å². The molecule has 0 spiro atoms. The molecule has 1 unspecified atom stereocenters. The Bertz CT molecular complexity index is 324. The molecule has 0 aliphatic carbocycles. The van der Waals surface area contributed by atoms with Gasteiger partial charge in [-0.15, -0.1) is 34.8 Å². The Hall–Kier alpha value is -0.190. The van der Waals surface area contributed by atoms with Gasteiger partial charge in [0.15, 0.2) is 6.10 Å². The van der Waals surface area contributed by atoms with Crippen LogP contribution < -0.4 is 0 Å². The zero-order chi connectivity index (χ0) is 17.0. The number of unbranched alkanes of at least 4 members (excludes halogenated alkanes) is 3. The lowest BCUT2D eigenvalue weighted by Crippen LogP contribution is -2.23. The van der Waals surface area contributed by atoms with Gasteiger partial charge in [0, 0.05) is 11.8 Å². The fourth-order valence-electron chi connectivity index (χ4n) is 1.93. The summed E-state index contributed by atoms with van der Waals surface area (Å²) in [6.07, 6.45) is 6.36. The van der Waals surface area contributed by atoms with Crippen molar-refractivity contribution in [2.45, 2.75) is 81.0 Å². The van der Waals surface area contributed by atoms with E-state index in [4.69, 9.17) is 44.6 Å². The van der Waals surface area contributed by atoms with E-state index in [0.29, 0.717) is 6.42 Å². The molecule has 0 aromatic heterocycles. The molecule has 0 aliphatic heterocycles. The van der Waals surface area contributed by atoms with Crippen LogP contribution in [0.25, 0.3) is 0 Å². The van der Waals surface area contributed by atoms with E-state index in [9.17, 15) is 9.59 Å². The average molecular weight is 376 g/mol. The van der Waals surface area contributed by atoms with Crippen molar-refractivity contribution in [2.24, 2.45) is 0 Å². The van der Waals surface area contributed by atoms with Crippen molar-refractivity contribution >= 4 is 46.7 Å². The molecular formula is C15H25Cl3O4. The molecule has 0 rings (SSSR count). The number of aliphatic carboxylic acids is 1. The maximum atomic E-state index is 11.4. The van der Waals surface area contributed by atoms with E-state index in [0.717, 1.165) is 44.9 Å². The minimum atomic E-state index is -1.14. The van der Waals surface area contributed by atoms with Crippen LogP contribution in [-0.4, -0.2) is 33.4 Å². The lowest BCUT2D eigenvalue weighted by Gasteiger charge is -2.10. The fraction of sp³-hybridized carbons (Fsp3) is 0.867. The number of halogens is 3. The molecule has 2 atom stereocenters. The second-order valence-electron chi connectivity index (χ2n) is 5.34. The highest BCUT2D eigenvalue weighted by Gasteiger charge is 2.15. The van der Waals surface area contributed by atoms with Crippen LogP contribution in [-0.2, 0) is 14.3 Å². The van der Waals surface area contributed by atoms with Crippen LogP contribution in [0.4, 0.5) is 0 Å². The van der Waals surface area contributed by atoms with Crippen LogP contribution in [0.5, 0.6) is 0 Å². The summed E-state index contributed by atoms with van der Waals surface area (Å²) in [6.45, 7) is 1.34. The summed E-state index contributed by atoms with van der Waals surface area (Å²) in [4.78, 5) is 21.6. The molecule has 0 bridgehead atoms. The van der Waals surface area contributed by atoms with Gasteiger partial charge in [-0.05, 0) is 32.6 Å². The Morgan fingerprint density at radius 2 is 1.50 bits per heavy atom. The third-order valence-electron chi connectivity index (χ3n) is 3.24. The molecule has 0 aromatic carbocycles. The SMILES string of the molecule is C[C@H](OC(=O)CCCCC(Cl)CCCCCC(Cl)Cl)C(=O)O. The molecule has 0 amide bonds. The Kier molecular flexibility index (Phi) is 13.2. The molecule has 0 heterocycles. The Labute approximate surface area is 147 Å². The number of alkyl halides is 3. The number of carbonyl (C=O) groups excluding carboxylic acids is 1. The summed E-state index contributed by atoms with van der Waals surface area (Å²) >= 11 is 17.5. The Balaban J connectivity index is 3.50. The highest BCUT2D eigenvalue weighted by atomic mass is 35.5. The van der Waals surface area contributed by atoms with Crippen molar-refractivity contribution in [1.29, 1.82) is 0 Å². The van der Waals surface area contributed by atoms with E-state index in [1.54, 1.807) is 0 Å². The average Bonchev–Trinajstić information content (AvgIpc) is 2.42. The second-order valence-corrected chi connectivity index (χ2v) is 7.24. The third-order valence-corrected chi connectivity index (χ3v) is 4.12. The van der Waals surface area contributed by atoms with E-state index < -0.39 is 18.0 Å². The monoisotopic (exact) mass is 374 g/mol. The number of ether oxygens (including phenoxy) is 1. The van der Waals surface area contributed by atoms with E-state index in [1.807, 2.05) is 0 Å². The smallest absolute Gasteiger partial charge is 0.344 e. The molecule has 0 saturated carbocycles. The van der Waals surface area contributed by atoms with Crippen molar-refractivity contribution in [3.05, 3.63) is 0 Å². The highest BCUT2D eigenvalue weighted by Crippen LogP contribution is 2.18. The van der Waals surface area contributed by atoms with E-state index in [2.05, 4.69) is 0 Å². The molecule has 0 saturated heterocycles. The van der Waals surface area contributed by atoms with Gasteiger partial charge in [-0.2, -0.15) is 0 Å². The normalized spacial score (nSPS) is 13.9. The minimum absolute atomic E-state index is 0.108. The Morgan fingerprint density at radius 1 is 0.955 bits per heavy atom. The van der Waals surface area contributed by atoms with Crippen molar-refractivity contribution in [2.75, 3.05) is 0 Å². The van der Waals surface area contributed by atoms with Crippen LogP contribution in [0.1, 0.15) is 64.7 Å². The number of carbonyl (C=O) groups is 2. The molecule has 22 heavy (non-hydrogen) atoms. The van der Waals surface area contributed by atoms with Crippen LogP contribution in [0, 0.1) is 0 Å². The first-order chi connectivity index (χ1) is 10.3. The van der Waals surface area contributed by atoms with Gasteiger partial charge in [0.2, 0.25) is 0 Å². The number of carboxylic acid groups (broad SMARTS) is 1. The molecule has 7 heteroatoms. The second kappa shape index (κ2) is 13.3. The van der Waals surface area contributed by atoms with Gasteiger partial charge in [0.25, 0.3) is 0 Å². The zero-order valence-corrected chi connectivity index (χ0v) is 15.2. The highest BCUT2D eigenvalue weighted by molar-refractivity contribution is 6.44. The van der Waals surface area contributed by atoms with Crippen LogP contribution in [0.2, 0.25) is 0 Å². The number of hydrogen-bond acceptors (Lipinski definition) is 3. The van der Waals surface area contributed by atoms with Gasteiger partial charge in [-0.1, -0.05) is 25.7 Å². The van der Waals surface area contributed by atoms with Crippen LogP contribution >= 0.6 is 34.8 Å². The maximum Gasteiger partial charge on any atom is 0.344 e. The van der Waals surface area contributed by atoms with Gasteiger partial charge < -0.3 is 9.84 Å². The maximum absolute atomic E-state index is 11.4. The topological polar surface area (TPSA) is 63.6 Å². The van der Waals surface area contributed by atoms with Crippen LogP contribution in [0.3, 0.4) is 0 Å². The van der Waals surface area contributed by atoms with E-state index >= 15 is 0 Å². The summed E-state index contributed by atoms with van der Waals surface area (Å²) in [7, 11) is 0. The zero-order valence-electron chi connectivity index (χ0n) is 12.9. The minimum Gasteiger partial charge on any atom is -0.479 e. The quantitative estimate of drug-likeness (QED) is 0.282. The number of carboxylic acids is 1. The lowest BCUT2D eigenvalue weighted by atomic mass is 10.1. The van der Waals surface area contributed by atoms with Gasteiger partial charge in [0.1, 0.15) is 4.84 Å². The van der Waals surface area contributed by atoms with E-state index in [-0.39, 0.29) is 16.6 Å². The first kappa shape index (κ1) is 21.8. The summed E-state index contributed by atoms with van der Waals surface area (Å²) in [5, 5.41) is 8.72. The molecule has 4 nitrogen and oxygen atoms in total. The van der Waals surface area contributed by atoms with Crippen molar-refractivity contribution in [3.8, 4) is 0 Å². The van der Waals surface area contributed by atoms with Crippen molar-refractivity contribution < 1.29 is 19.4 Å². The molecule has 0 aromatic rings. The predicted molar refractivity (Wildman–Crippen MR) is 89.9 cm³/mol. The predicted octanol–water partition coefficient (Wildman–Crippen LogP) is 4.92. The van der Waals surface area contributed by atoms with Crippen molar-refractivity contribution in [3.63, 3.8) is 0 Å². The molecule has 1 N–H and O–H groups in total. The molecule has 0 fully saturated rings. The Morgan fingerprint density at radius 3 is 2.05 bits per heavy atom. The number of esters is 1. The third kappa shape index (κ3) is 13.5. The summed E-state index contributed by atoms with van der Waals surface area (Å²) in [5.41, 5.74) is 0. The fourth-order valence-corrected chi connectivity index (χ4v) is 2.54. The largest absolute Gasteiger partial charge is 0.479 e. The summed E-state index contributed by atoms with van der Waals surface area (Å²) in [6, 6.07) is 0. The van der Waals surface area contributed by atoms with Gasteiger partial charge >= 0.3 is 11.9 Å². The van der Waals surface area contributed by atoms with Gasteiger partial charge in [-0.25, -0.2) is 4.79 Å². The molecule has 130 valence electrons. The molecule has 0 radical (unpaired) electrons. The first-order valence-corrected chi connectivity index (χ1v) is 8.98. The van der Waals surface area contributed by atoms with E-state index in [1.165, 1.54) is 6.92 Å². The standard InChI is InChI=1S/C15H25Cl3O4/c1-11(15(20)21)22-14(19)10-6-5-8-12(16)7-3-2-4-9-13(17)18/h11-13H,2-10H2,1H3,(H,20,21)/t11-,12?/m0/s1. The number of hydrogen-bond donors (Lipinski definition) is 1. The van der Waals surface area contributed by atoms with Gasteiger partial charge in [-0.3, -0.25) is 4.79 Å². The first-order valence-electron chi connectivity index (χ1n) is 7.67. The van der Waals surface area contributed by atoms with Gasteiger partial charge in [0.05, 0.1) is 0 Å². The summed E-state index contributed by atoms with van der Waals surface area (Å²) < 4.78 is 4.74. The molecular weight excluding hydrogens is 351 g/mol. The molecule has 0 aliphatic rings.